The topological polar surface area (TPSA) is 28.5 Å². The fourth-order valence-electron chi connectivity index (χ4n) is 3.86. The van der Waals surface area contributed by atoms with Gasteiger partial charge in [-0.05, 0) is 80.8 Å². The van der Waals surface area contributed by atoms with Gasteiger partial charge in [0.05, 0.1) is 5.70 Å². The average Bonchev–Trinajstić information content (AvgIpc) is 2.77. The molecular weight excluding hydrogens is 417 g/mol. The first-order chi connectivity index (χ1) is 15.3. The lowest BCUT2D eigenvalue weighted by Crippen LogP contribution is -2.46. The summed E-state index contributed by atoms with van der Waals surface area (Å²) in [5.41, 5.74) is 6.03. The van der Waals surface area contributed by atoms with E-state index in [0.29, 0.717) is 0 Å². The van der Waals surface area contributed by atoms with E-state index in [9.17, 15) is 4.39 Å². The van der Waals surface area contributed by atoms with Crippen LogP contribution in [0, 0.1) is 12.7 Å². The Kier molecular flexibility index (Phi) is 6.47. The number of hydrogen-bond donors (Lipinski definition) is 0. The third kappa shape index (κ3) is 4.94. The van der Waals surface area contributed by atoms with Crippen molar-refractivity contribution in [3.8, 4) is 0 Å². The number of benzene rings is 2. The minimum Gasteiger partial charge on any atom is -0.335 e. The van der Waals surface area contributed by atoms with Crippen LogP contribution in [0.1, 0.15) is 43.2 Å². The Labute approximate surface area is 194 Å². The lowest BCUT2D eigenvalue weighted by Gasteiger charge is -2.45. The summed E-state index contributed by atoms with van der Waals surface area (Å²) in [4.78, 5) is 11.7. The second kappa shape index (κ2) is 9.29. The molecule has 32 heavy (non-hydrogen) atoms. The number of pyridine rings is 1. The van der Waals surface area contributed by atoms with Crippen LogP contribution in [-0.2, 0) is 5.75 Å². The van der Waals surface area contributed by atoms with Crippen molar-refractivity contribution in [2.75, 3.05) is 0 Å². The Morgan fingerprint density at radius 2 is 1.69 bits per heavy atom. The van der Waals surface area contributed by atoms with E-state index in [-0.39, 0.29) is 16.9 Å². The van der Waals surface area contributed by atoms with Crippen LogP contribution < -0.4 is 0 Å². The van der Waals surface area contributed by atoms with Crippen molar-refractivity contribution in [1.82, 2.24) is 9.88 Å². The van der Waals surface area contributed by atoms with Crippen LogP contribution in [0.25, 0.3) is 11.3 Å². The summed E-state index contributed by atoms with van der Waals surface area (Å²) in [5.74, 6) is 0.618. The van der Waals surface area contributed by atoms with Gasteiger partial charge in [-0.25, -0.2) is 4.39 Å². The van der Waals surface area contributed by atoms with Crippen LogP contribution in [0.5, 0.6) is 0 Å². The van der Waals surface area contributed by atoms with E-state index < -0.39 is 0 Å². The number of nitrogens with zero attached hydrogens (tertiary/aromatic N) is 3. The fourth-order valence-corrected chi connectivity index (χ4v) is 5.11. The smallest absolute Gasteiger partial charge is 0.169 e. The maximum Gasteiger partial charge on any atom is 0.169 e. The maximum atomic E-state index is 13.8. The van der Waals surface area contributed by atoms with Crippen molar-refractivity contribution < 1.29 is 4.39 Å². The number of aromatic nitrogens is 1. The summed E-state index contributed by atoms with van der Waals surface area (Å²) in [6.07, 6.45) is 3.80. The normalized spacial score (nSPS) is 16.5. The zero-order chi connectivity index (χ0) is 22.7. The van der Waals surface area contributed by atoms with Crippen molar-refractivity contribution >= 4 is 29.2 Å². The Bertz CT molecular complexity index is 1130. The molecule has 1 aliphatic heterocycles. The monoisotopic (exact) mass is 445 g/mol. The molecule has 164 valence electrons. The first-order valence-corrected chi connectivity index (χ1v) is 11.8. The molecular formula is C27H28FN3S. The maximum absolute atomic E-state index is 13.8. The summed E-state index contributed by atoms with van der Waals surface area (Å²) >= 11 is 1.79. The van der Waals surface area contributed by atoms with Gasteiger partial charge in [-0.1, -0.05) is 30.3 Å². The van der Waals surface area contributed by atoms with E-state index in [0.717, 1.165) is 33.8 Å². The van der Waals surface area contributed by atoms with E-state index in [4.69, 9.17) is 4.99 Å². The molecule has 0 saturated heterocycles. The third-order valence-corrected chi connectivity index (χ3v) is 6.47. The average molecular weight is 446 g/mol. The van der Waals surface area contributed by atoms with Crippen molar-refractivity contribution in [2.45, 2.75) is 44.5 Å². The van der Waals surface area contributed by atoms with Crippen LogP contribution >= 0.6 is 11.8 Å². The molecule has 2 heterocycles. The number of thioether (sulfide) groups is 1. The number of aryl methyl sites for hydroxylation is 1. The molecule has 4 rings (SSSR count). The van der Waals surface area contributed by atoms with Crippen molar-refractivity contribution in [2.24, 2.45) is 4.99 Å². The molecule has 3 aromatic rings. The molecule has 1 aliphatic rings. The summed E-state index contributed by atoms with van der Waals surface area (Å²) in [6, 6.07) is 21.3. The van der Waals surface area contributed by atoms with Gasteiger partial charge in [0.2, 0.25) is 0 Å². The molecule has 0 spiro atoms. The van der Waals surface area contributed by atoms with Gasteiger partial charge in [0.15, 0.2) is 5.50 Å². The number of halogens is 1. The highest BCUT2D eigenvalue weighted by molar-refractivity contribution is 7.99. The third-order valence-electron chi connectivity index (χ3n) is 5.34. The molecule has 2 aromatic carbocycles. The zero-order valence-corrected chi connectivity index (χ0v) is 19.7. The fraction of sp³-hybridized carbons (Fsp3) is 0.259. The molecule has 0 fully saturated rings. The summed E-state index contributed by atoms with van der Waals surface area (Å²) in [6.45, 7) is 8.58. The van der Waals surface area contributed by atoms with Crippen molar-refractivity contribution in [1.29, 1.82) is 0 Å². The second-order valence-electron chi connectivity index (χ2n) is 8.90. The predicted octanol–water partition coefficient (Wildman–Crippen LogP) is 6.80. The lowest BCUT2D eigenvalue weighted by atomic mass is 9.94. The number of hydrogen-bond acceptors (Lipinski definition) is 4. The predicted molar refractivity (Wildman–Crippen MR) is 134 cm³/mol. The quantitative estimate of drug-likeness (QED) is 0.432. The highest BCUT2D eigenvalue weighted by Gasteiger charge is 2.35. The standard InChI is InChI=1S/C27H28FN3S/c1-19-16-22(14-15-29-19)24-17-30-26(32-18-20-8-6-5-7-9-20)31(27(2,3)4)25(24)21-10-12-23(28)13-11-21/h5-17,26H,18H2,1-4H3. The second-order valence-corrected chi connectivity index (χ2v) is 9.94. The number of rotatable bonds is 5. The molecule has 1 aromatic heterocycles. The van der Waals surface area contributed by atoms with E-state index in [1.54, 1.807) is 11.8 Å². The largest absolute Gasteiger partial charge is 0.335 e. The molecule has 0 aliphatic carbocycles. The molecule has 0 radical (unpaired) electrons. The van der Waals surface area contributed by atoms with Gasteiger partial charge in [-0.2, -0.15) is 0 Å². The summed E-state index contributed by atoms with van der Waals surface area (Å²) in [7, 11) is 0. The van der Waals surface area contributed by atoms with Gasteiger partial charge in [0.1, 0.15) is 5.82 Å². The van der Waals surface area contributed by atoms with E-state index in [1.807, 2.05) is 43.6 Å². The number of allylic oxidation sites excluding steroid dienone is 1. The zero-order valence-electron chi connectivity index (χ0n) is 18.9. The minimum absolute atomic E-state index is 0.0954. The highest BCUT2D eigenvalue weighted by atomic mass is 32.2. The van der Waals surface area contributed by atoms with Gasteiger partial charge in [-0.3, -0.25) is 9.98 Å². The molecule has 0 amide bonds. The van der Waals surface area contributed by atoms with Crippen molar-refractivity contribution in [3.05, 3.63) is 101 Å². The lowest BCUT2D eigenvalue weighted by molar-refractivity contribution is 0.210. The summed E-state index contributed by atoms with van der Waals surface area (Å²) in [5, 5.41) is 0. The van der Waals surface area contributed by atoms with Gasteiger partial charge in [0.25, 0.3) is 0 Å². The van der Waals surface area contributed by atoms with Gasteiger partial charge in [-0.15, -0.1) is 11.8 Å². The van der Waals surface area contributed by atoms with Crippen molar-refractivity contribution in [3.63, 3.8) is 0 Å². The van der Waals surface area contributed by atoms with E-state index in [1.165, 1.54) is 17.7 Å². The molecule has 0 bridgehead atoms. The first-order valence-electron chi connectivity index (χ1n) is 10.7. The van der Waals surface area contributed by atoms with Crippen LogP contribution in [0.2, 0.25) is 0 Å². The van der Waals surface area contributed by atoms with Gasteiger partial charge in [0, 0.05) is 35.0 Å². The van der Waals surface area contributed by atoms with Crippen LogP contribution in [0.4, 0.5) is 4.39 Å². The Morgan fingerprint density at radius 3 is 2.34 bits per heavy atom. The Balaban J connectivity index is 1.81. The SMILES string of the molecule is Cc1cc(C2=C(c3ccc(F)cc3)N(C(C)(C)C)C(SCc3ccccc3)N=C2)ccn1. The van der Waals surface area contributed by atoms with E-state index >= 15 is 0 Å². The molecule has 0 saturated carbocycles. The molecule has 3 nitrogen and oxygen atoms in total. The molecule has 1 unspecified atom stereocenters. The van der Waals surface area contributed by atoms with Crippen LogP contribution in [0.15, 0.2) is 77.9 Å². The van der Waals surface area contributed by atoms with Gasteiger partial charge < -0.3 is 4.90 Å². The number of aliphatic imine (C=N–C) groups is 1. The highest BCUT2D eigenvalue weighted by Crippen LogP contribution is 2.41. The first kappa shape index (κ1) is 22.3. The summed E-state index contributed by atoms with van der Waals surface area (Å²) < 4.78 is 13.8. The van der Waals surface area contributed by atoms with Gasteiger partial charge >= 0.3 is 0 Å². The van der Waals surface area contributed by atoms with Crippen LogP contribution in [-0.4, -0.2) is 27.1 Å². The molecule has 1 atom stereocenters. The Morgan fingerprint density at radius 1 is 0.969 bits per heavy atom. The minimum atomic E-state index is -0.238. The molecule has 5 heteroatoms. The molecule has 0 N–H and O–H groups in total. The Hall–Kier alpha value is -2.92. The van der Waals surface area contributed by atoms with E-state index in [2.05, 4.69) is 61.0 Å². The van der Waals surface area contributed by atoms with Crippen LogP contribution in [0.3, 0.4) is 0 Å².